The maximum atomic E-state index is 12.3. The number of nitrogens with zero attached hydrogens (tertiary/aromatic N) is 2. The fourth-order valence-electron chi connectivity index (χ4n) is 2.12. The number of amides is 3. The monoisotopic (exact) mass is 432 g/mol. The molecule has 12 heteroatoms. The lowest BCUT2D eigenvalue weighted by Gasteiger charge is -2.17. The number of thiazole rings is 1. The molecule has 3 amide bonds. The summed E-state index contributed by atoms with van der Waals surface area (Å²) in [6.07, 6.45) is -4.80. The molecule has 2 aromatic rings. The maximum absolute atomic E-state index is 12.3. The molecule has 0 unspecified atom stereocenters. The van der Waals surface area contributed by atoms with Gasteiger partial charge in [-0.1, -0.05) is 25.2 Å². The quantitative estimate of drug-likeness (QED) is 0.700. The van der Waals surface area contributed by atoms with E-state index in [1.54, 1.807) is 13.8 Å². The Hall–Kier alpha value is -2.89. The fourth-order valence-corrected chi connectivity index (χ4v) is 3.03. The summed E-state index contributed by atoms with van der Waals surface area (Å²) >= 11 is 0.968. The van der Waals surface area contributed by atoms with E-state index in [4.69, 9.17) is 0 Å². The molecule has 1 aromatic carbocycles. The van der Waals surface area contributed by atoms with Crippen LogP contribution >= 0.6 is 11.3 Å². The molecular weight excluding hydrogens is 413 g/mol. The minimum Gasteiger partial charge on any atom is -0.406 e. The number of carbonyl (C=O) groups excluding carboxylic acids is 3. The van der Waals surface area contributed by atoms with Crippen molar-refractivity contribution in [3.63, 3.8) is 0 Å². The van der Waals surface area contributed by atoms with E-state index in [1.807, 2.05) is 0 Å². The normalized spacial score (nSPS) is 11.4. The summed E-state index contributed by atoms with van der Waals surface area (Å²) in [5, 5.41) is 5.12. The van der Waals surface area contributed by atoms with Gasteiger partial charge in [0.15, 0.2) is 5.13 Å². The smallest absolute Gasteiger partial charge is 0.406 e. The second-order valence-electron chi connectivity index (χ2n) is 6.37. The number of halogens is 3. The first-order valence-corrected chi connectivity index (χ1v) is 9.24. The van der Waals surface area contributed by atoms with Crippen molar-refractivity contribution in [2.24, 2.45) is 5.92 Å². The van der Waals surface area contributed by atoms with Crippen molar-refractivity contribution >= 4 is 44.4 Å². The standard InChI is InChI=1S/C17H19F3N4O4S/c1-9(2)15(27)21-7-14(26)24(3)8-13(25)23-16-22-11-5-4-10(6-12(11)29-16)28-17(18,19)20/h4-6,9H,7-8H2,1-3H3,(H,21,27)(H,22,23,25). The van der Waals surface area contributed by atoms with Gasteiger partial charge in [0.25, 0.3) is 0 Å². The second-order valence-corrected chi connectivity index (χ2v) is 7.40. The second kappa shape index (κ2) is 9.07. The number of hydrogen-bond acceptors (Lipinski definition) is 6. The van der Waals surface area contributed by atoms with E-state index >= 15 is 0 Å². The number of alkyl halides is 3. The Balaban J connectivity index is 1.93. The first-order chi connectivity index (χ1) is 13.4. The van der Waals surface area contributed by atoms with E-state index in [1.165, 1.54) is 19.2 Å². The number of anilines is 1. The van der Waals surface area contributed by atoms with Crippen LogP contribution in [-0.4, -0.2) is 54.1 Å². The van der Waals surface area contributed by atoms with Gasteiger partial charge in [0.2, 0.25) is 17.7 Å². The Bertz CT molecular complexity index is 914. The Kier molecular flexibility index (Phi) is 7.01. The molecule has 8 nitrogen and oxygen atoms in total. The van der Waals surface area contributed by atoms with Crippen LogP contribution in [0.5, 0.6) is 5.75 Å². The number of fused-ring (bicyclic) bond motifs is 1. The van der Waals surface area contributed by atoms with Crippen LogP contribution in [0.4, 0.5) is 18.3 Å². The Morgan fingerprint density at radius 1 is 1.28 bits per heavy atom. The lowest BCUT2D eigenvalue weighted by molar-refractivity contribution is -0.274. The van der Waals surface area contributed by atoms with Crippen molar-refractivity contribution in [1.29, 1.82) is 0 Å². The van der Waals surface area contributed by atoms with Crippen LogP contribution in [-0.2, 0) is 14.4 Å². The zero-order chi connectivity index (χ0) is 21.8. The molecule has 1 heterocycles. The molecule has 0 aliphatic carbocycles. The van der Waals surface area contributed by atoms with Crippen molar-refractivity contribution in [2.45, 2.75) is 20.2 Å². The number of likely N-dealkylation sites (N-methyl/N-ethyl adjacent to an activating group) is 1. The SMILES string of the molecule is CC(C)C(=O)NCC(=O)N(C)CC(=O)Nc1nc2ccc(OC(F)(F)F)cc2s1. The van der Waals surface area contributed by atoms with Crippen LogP contribution < -0.4 is 15.4 Å². The molecule has 0 aliphatic rings. The highest BCUT2D eigenvalue weighted by molar-refractivity contribution is 7.22. The number of aromatic nitrogens is 1. The summed E-state index contributed by atoms with van der Waals surface area (Å²) in [5.74, 6) is -1.92. The van der Waals surface area contributed by atoms with Crippen molar-refractivity contribution in [1.82, 2.24) is 15.2 Å². The molecule has 29 heavy (non-hydrogen) atoms. The average Bonchev–Trinajstić information content (AvgIpc) is 2.98. The molecule has 0 radical (unpaired) electrons. The molecule has 1 aromatic heterocycles. The van der Waals surface area contributed by atoms with E-state index in [0.29, 0.717) is 10.2 Å². The molecule has 0 fully saturated rings. The molecule has 0 atom stereocenters. The number of rotatable bonds is 7. The highest BCUT2D eigenvalue weighted by Crippen LogP contribution is 2.31. The molecule has 0 spiro atoms. The number of benzene rings is 1. The summed E-state index contributed by atoms with van der Waals surface area (Å²) in [4.78, 5) is 40.8. The number of carbonyl (C=O) groups is 3. The van der Waals surface area contributed by atoms with Gasteiger partial charge >= 0.3 is 6.36 Å². The molecule has 158 valence electrons. The van der Waals surface area contributed by atoms with Crippen LogP contribution in [0, 0.1) is 5.92 Å². The first kappa shape index (κ1) is 22.4. The van der Waals surface area contributed by atoms with Gasteiger partial charge in [-0.05, 0) is 12.1 Å². The summed E-state index contributed by atoms with van der Waals surface area (Å²) in [6.45, 7) is 2.86. The van der Waals surface area contributed by atoms with Crippen LogP contribution in [0.15, 0.2) is 18.2 Å². The lowest BCUT2D eigenvalue weighted by Crippen LogP contribution is -2.42. The number of nitrogens with one attached hydrogen (secondary N) is 2. The third kappa shape index (κ3) is 6.89. The summed E-state index contributed by atoms with van der Waals surface area (Å²) in [7, 11) is 1.41. The predicted octanol–water partition coefficient (Wildman–Crippen LogP) is 2.36. The van der Waals surface area contributed by atoms with Gasteiger partial charge in [-0.2, -0.15) is 0 Å². The Morgan fingerprint density at radius 2 is 1.97 bits per heavy atom. The van der Waals surface area contributed by atoms with Gasteiger partial charge in [0.05, 0.1) is 23.3 Å². The zero-order valence-corrected chi connectivity index (χ0v) is 16.6. The van der Waals surface area contributed by atoms with Crippen molar-refractivity contribution in [3.8, 4) is 5.75 Å². The van der Waals surface area contributed by atoms with Crippen LogP contribution in [0.2, 0.25) is 0 Å². The van der Waals surface area contributed by atoms with E-state index in [2.05, 4.69) is 20.4 Å². The van der Waals surface area contributed by atoms with Gasteiger partial charge < -0.3 is 20.3 Å². The summed E-state index contributed by atoms with van der Waals surface area (Å²) < 4.78 is 41.1. The largest absolute Gasteiger partial charge is 0.573 e. The van der Waals surface area contributed by atoms with E-state index in [0.717, 1.165) is 22.3 Å². The molecule has 0 saturated carbocycles. The molecule has 0 saturated heterocycles. The van der Waals surface area contributed by atoms with Crippen LogP contribution in [0.25, 0.3) is 10.2 Å². The van der Waals surface area contributed by atoms with Gasteiger partial charge in [-0.25, -0.2) is 4.98 Å². The summed E-state index contributed by atoms with van der Waals surface area (Å²) in [6, 6.07) is 3.64. The van der Waals surface area contributed by atoms with Gasteiger partial charge in [0.1, 0.15) is 5.75 Å². The Morgan fingerprint density at radius 3 is 2.59 bits per heavy atom. The van der Waals surface area contributed by atoms with Crippen molar-refractivity contribution in [3.05, 3.63) is 18.2 Å². The minimum absolute atomic E-state index is 0.170. The number of ether oxygens (including phenoxy) is 1. The van der Waals surface area contributed by atoms with Crippen LogP contribution in [0.3, 0.4) is 0 Å². The highest BCUT2D eigenvalue weighted by Gasteiger charge is 2.31. The van der Waals surface area contributed by atoms with Crippen LogP contribution in [0.1, 0.15) is 13.8 Å². The fraction of sp³-hybridized carbons (Fsp3) is 0.412. The average molecular weight is 432 g/mol. The first-order valence-electron chi connectivity index (χ1n) is 8.42. The molecule has 2 N–H and O–H groups in total. The minimum atomic E-state index is -4.80. The predicted molar refractivity (Wildman–Crippen MR) is 100 cm³/mol. The van der Waals surface area contributed by atoms with Crippen molar-refractivity contribution < 1.29 is 32.3 Å². The zero-order valence-electron chi connectivity index (χ0n) is 15.8. The highest BCUT2D eigenvalue weighted by atomic mass is 32.1. The molecule has 2 rings (SSSR count). The molecular formula is C17H19F3N4O4S. The number of hydrogen-bond donors (Lipinski definition) is 2. The third-order valence-electron chi connectivity index (χ3n) is 3.58. The maximum Gasteiger partial charge on any atom is 0.573 e. The molecule has 0 bridgehead atoms. The van der Waals surface area contributed by atoms with Crippen molar-refractivity contribution in [2.75, 3.05) is 25.5 Å². The lowest BCUT2D eigenvalue weighted by atomic mass is 10.2. The van der Waals surface area contributed by atoms with E-state index < -0.39 is 18.2 Å². The Labute approximate surface area is 168 Å². The summed E-state index contributed by atoms with van der Waals surface area (Å²) in [5.41, 5.74) is 0.389. The van der Waals surface area contributed by atoms with E-state index in [9.17, 15) is 27.6 Å². The third-order valence-corrected chi connectivity index (χ3v) is 4.52. The van der Waals surface area contributed by atoms with Gasteiger partial charge in [-0.3, -0.25) is 14.4 Å². The molecule has 0 aliphatic heterocycles. The van der Waals surface area contributed by atoms with E-state index in [-0.39, 0.29) is 35.8 Å². The van der Waals surface area contributed by atoms with Gasteiger partial charge in [0, 0.05) is 19.0 Å². The van der Waals surface area contributed by atoms with Gasteiger partial charge in [-0.15, -0.1) is 13.2 Å². The topological polar surface area (TPSA) is 101 Å².